The zero-order valence-electron chi connectivity index (χ0n) is 8.96. The summed E-state index contributed by atoms with van der Waals surface area (Å²) >= 11 is 0. The normalized spacial score (nSPS) is 21.7. The summed E-state index contributed by atoms with van der Waals surface area (Å²) < 4.78 is 4.96. The van der Waals surface area contributed by atoms with Crippen LogP contribution in [0, 0.1) is 5.92 Å². The fraction of sp³-hybridized carbons (Fsp3) is 0.800. The number of aliphatic hydroxyl groups is 1. The van der Waals surface area contributed by atoms with Crippen molar-refractivity contribution in [1.29, 1.82) is 0 Å². The van der Waals surface area contributed by atoms with Crippen molar-refractivity contribution in [1.82, 2.24) is 15.0 Å². The highest BCUT2D eigenvalue weighted by Crippen LogP contribution is 2.21. The lowest BCUT2D eigenvalue weighted by Crippen LogP contribution is -2.36. The summed E-state index contributed by atoms with van der Waals surface area (Å²) in [5, 5.41) is 13.0. The Morgan fingerprint density at radius 1 is 1.60 bits per heavy atom. The van der Waals surface area contributed by atoms with Crippen LogP contribution in [-0.4, -0.2) is 39.3 Å². The smallest absolute Gasteiger partial charge is 0.240 e. The Kier molecular flexibility index (Phi) is 3.33. The third kappa shape index (κ3) is 2.76. The average Bonchev–Trinajstić information content (AvgIpc) is 2.71. The molecule has 84 valence electrons. The lowest BCUT2D eigenvalue weighted by Gasteiger charge is -2.32. The Bertz CT molecular complexity index is 279. The van der Waals surface area contributed by atoms with Gasteiger partial charge in [-0.05, 0) is 38.8 Å². The fourth-order valence-corrected chi connectivity index (χ4v) is 2.05. The van der Waals surface area contributed by atoms with Crippen molar-refractivity contribution in [2.75, 3.05) is 13.1 Å². The predicted octanol–water partition coefficient (Wildman–Crippen LogP) is 0.662. The quantitative estimate of drug-likeness (QED) is 0.796. The van der Waals surface area contributed by atoms with E-state index >= 15 is 0 Å². The molecule has 2 heterocycles. The van der Waals surface area contributed by atoms with Crippen LogP contribution in [0.4, 0.5) is 0 Å². The van der Waals surface area contributed by atoms with Gasteiger partial charge in [0.1, 0.15) is 0 Å². The summed E-state index contributed by atoms with van der Waals surface area (Å²) in [7, 11) is 0. The summed E-state index contributed by atoms with van der Waals surface area (Å²) in [4.78, 5) is 6.28. The van der Waals surface area contributed by atoms with E-state index in [0.29, 0.717) is 11.8 Å². The molecule has 5 nitrogen and oxygen atoms in total. The molecular weight excluding hydrogens is 194 g/mol. The van der Waals surface area contributed by atoms with Crippen molar-refractivity contribution in [3.8, 4) is 0 Å². The molecule has 1 atom stereocenters. The van der Waals surface area contributed by atoms with Gasteiger partial charge in [0.2, 0.25) is 5.89 Å². The minimum atomic E-state index is -0.185. The second-order valence-electron chi connectivity index (χ2n) is 4.19. The van der Waals surface area contributed by atoms with E-state index in [1.807, 2.05) is 6.92 Å². The highest BCUT2D eigenvalue weighted by Gasteiger charge is 2.23. The lowest BCUT2D eigenvalue weighted by molar-refractivity contribution is 0.0660. The molecule has 0 amide bonds. The minimum Gasteiger partial charge on any atom is -0.393 e. The third-order valence-electron chi connectivity index (χ3n) is 3.08. The molecule has 0 radical (unpaired) electrons. The number of hydrogen-bond donors (Lipinski definition) is 1. The summed E-state index contributed by atoms with van der Waals surface area (Å²) in [6.07, 6.45) is 3.34. The summed E-state index contributed by atoms with van der Waals surface area (Å²) in [5.74, 6) is 1.12. The van der Waals surface area contributed by atoms with Gasteiger partial charge in [-0.15, -0.1) is 0 Å². The van der Waals surface area contributed by atoms with E-state index in [-0.39, 0.29) is 6.10 Å². The van der Waals surface area contributed by atoms with Crippen LogP contribution in [-0.2, 0) is 6.54 Å². The molecule has 1 fully saturated rings. The standard InChI is InChI=1S/C10H17N3O2/c1-8(14)9-2-4-13(5-3-9)6-10-11-7-12-15-10/h7-9,14H,2-6H2,1H3. The number of nitrogens with zero attached hydrogens (tertiary/aromatic N) is 3. The Hall–Kier alpha value is -0.940. The van der Waals surface area contributed by atoms with Crippen LogP contribution in [0.5, 0.6) is 0 Å². The Balaban J connectivity index is 1.79. The first kappa shape index (κ1) is 10.6. The summed E-state index contributed by atoms with van der Waals surface area (Å²) in [5.41, 5.74) is 0. The van der Waals surface area contributed by atoms with Crippen molar-refractivity contribution in [2.24, 2.45) is 5.92 Å². The molecule has 15 heavy (non-hydrogen) atoms. The largest absolute Gasteiger partial charge is 0.393 e. The molecule has 0 bridgehead atoms. The number of likely N-dealkylation sites (tertiary alicyclic amines) is 1. The van der Waals surface area contributed by atoms with Gasteiger partial charge in [0.25, 0.3) is 0 Å². The van der Waals surface area contributed by atoms with Gasteiger partial charge < -0.3 is 9.63 Å². The van der Waals surface area contributed by atoms with Crippen LogP contribution in [0.3, 0.4) is 0 Å². The summed E-state index contributed by atoms with van der Waals surface area (Å²) in [6, 6.07) is 0. The van der Waals surface area contributed by atoms with E-state index in [1.54, 1.807) is 0 Å². The van der Waals surface area contributed by atoms with Crippen molar-refractivity contribution in [3.05, 3.63) is 12.2 Å². The van der Waals surface area contributed by atoms with Gasteiger partial charge in [-0.25, -0.2) is 0 Å². The van der Waals surface area contributed by atoms with Crippen molar-refractivity contribution >= 4 is 0 Å². The molecule has 0 spiro atoms. The van der Waals surface area contributed by atoms with E-state index < -0.39 is 0 Å². The first-order valence-corrected chi connectivity index (χ1v) is 5.41. The second kappa shape index (κ2) is 4.72. The van der Waals surface area contributed by atoms with Crippen molar-refractivity contribution in [3.63, 3.8) is 0 Å². The lowest BCUT2D eigenvalue weighted by atomic mass is 9.92. The van der Waals surface area contributed by atoms with Gasteiger partial charge in [0, 0.05) is 0 Å². The maximum absolute atomic E-state index is 9.46. The first-order valence-electron chi connectivity index (χ1n) is 5.41. The number of aromatic nitrogens is 2. The zero-order valence-corrected chi connectivity index (χ0v) is 8.96. The molecule has 1 aliphatic heterocycles. The maximum atomic E-state index is 9.46. The molecule has 1 saturated heterocycles. The van der Waals surface area contributed by atoms with Crippen LogP contribution < -0.4 is 0 Å². The average molecular weight is 211 g/mol. The second-order valence-corrected chi connectivity index (χ2v) is 4.19. The number of hydrogen-bond acceptors (Lipinski definition) is 5. The van der Waals surface area contributed by atoms with Crippen molar-refractivity contribution in [2.45, 2.75) is 32.4 Å². The van der Waals surface area contributed by atoms with E-state index in [0.717, 1.165) is 32.5 Å². The van der Waals surface area contributed by atoms with E-state index in [4.69, 9.17) is 4.52 Å². The van der Waals surface area contributed by atoms with Gasteiger partial charge in [0.15, 0.2) is 6.33 Å². The topological polar surface area (TPSA) is 62.4 Å². The molecule has 0 aliphatic carbocycles. The molecular formula is C10H17N3O2. The Labute approximate surface area is 89.1 Å². The van der Waals surface area contributed by atoms with Gasteiger partial charge in [-0.1, -0.05) is 5.16 Å². The number of piperidine rings is 1. The molecule has 2 rings (SSSR count). The van der Waals surface area contributed by atoms with Crippen LogP contribution in [0.1, 0.15) is 25.7 Å². The summed E-state index contributed by atoms with van der Waals surface area (Å²) in [6.45, 7) is 4.60. The zero-order chi connectivity index (χ0) is 10.7. The fourth-order valence-electron chi connectivity index (χ4n) is 2.05. The Morgan fingerprint density at radius 3 is 2.87 bits per heavy atom. The maximum Gasteiger partial charge on any atom is 0.240 e. The van der Waals surface area contributed by atoms with Crippen LogP contribution in [0.15, 0.2) is 10.9 Å². The van der Waals surface area contributed by atoms with E-state index in [9.17, 15) is 5.11 Å². The van der Waals surface area contributed by atoms with Gasteiger partial charge in [-0.3, -0.25) is 4.90 Å². The van der Waals surface area contributed by atoms with Gasteiger partial charge >= 0.3 is 0 Å². The molecule has 1 aromatic rings. The Morgan fingerprint density at radius 2 is 2.33 bits per heavy atom. The minimum absolute atomic E-state index is 0.185. The molecule has 0 saturated carbocycles. The van der Waals surface area contributed by atoms with Gasteiger partial charge in [0.05, 0.1) is 12.6 Å². The highest BCUT2D eigenvalue weighted by molar-refractivity contribution is 4.80. The predicted molar refractivity (Wildman–Crippen MR) is 54.0 cm³/mol. The van der Waals surface area contributed by atoms with Crippen molar-refractivity contribution < 1.29 is 9.63 Å². The third-order valence-corrected chi connectivity index (χ3v) is 3.08. The van der Waals surface area contributed by atoms with E-state index in [1.165, 1.54) is 6.33 Å². The molecule has 1 aromatic heterocycles. The molecule has 0 aromatic carbocycles. The molecule has 1 aliphatic rings. The number of rotatable bonds is 3. The molecule has 1 N–H and O–H groups in total. The molecule has 5 heteroatoms. The molecule has 1 unspecified atom stereocenters. The SMILES string of the molecule is CC(O)C1CCN(Cc2ncno2)CC1. The first-order chi connectivity index (χ1) is 7.25. The van der Waals surface area contributed by atoms with Crippen LogP contribution >= 0.6 is 0 Å². The monoisotopic (exact) mass is 211 g/mol. The van der Waals surface area contributed by atoms with Crippen LogP contribution in [0.2, 0.25) is 0 Å². The van der Waals surface area contributed by atoms with E-state index in [2.05, 4.69) is 15.0 Å². The van der Waals surface area contributed by atoms with Crippen LogP contribution in [0.25, 0.3) is 0 Å². The highest BCUT2D eigenvalue weighted by atomic mass is 16.5. The number of aliphatic hydroxyl groups excluding tert-OH is 1. The van der Waals surface area contributed by atoms with Gasteiger partial charge in [-0.2, -0.15) is 4.98 Å².